The zero-order chi connectivity index (χ0) is 27.3. The molecule has 0 spiro atoms. The van der Waals surface area contributed by atoms with Gasteiger partial charge in [-0.3, -0.25) is 14.9 Å². The van der Waals surface area contributed by atoms with Gasteiger partial charge in [-0.1, -0.05) is 0 Å². The number of nitrogens with zero attached hydrogens (tertiary/aromatic N) is 3. The van der Waals surface area contributed by atoms with Crippen LogP contribution >= 0.6 is 0 Å². The maximum absolute atomic E-state index is 14.3. The number of carbonyl (C=O) groups is 1. The SMILES string of the molecule is Cc1c(C(=O)NC2CC2)ccc2c1oc1cc(F)ccc1[nH]c1cc(=NCCCC(F)(F)F)c3ncc2n3[nH]1. The highest BCUT2D eigenvalue weighted by molar-refractivity contribution is 6.03. The maximum atomic E-state index is 14.3. The Hall–Kier alpha value is -4.35. The molecule has 202 valence electrons. The van der Waals surface area contributed by atoms with Crippen LogP contribution in [0.5, 0.6) is 0 Å². The molecule has 0 atom stereocenters. The number of alkyl halides is 3. The summed E-state index contributed by atoms with van der Waals surface area (Å²) in [6.07, 6.45) is -1.88. The van der Waals surface area contributed by atoms with Gasteiger partial charge in [0.2, 0.25) is 0 Å². The lowest BCUT2D eigenvalue weighted by Crippen LogP contribution is -2.26. The van der Waals surface area contributed by atoms with Crippen LogP contribution in [0.1, 0.15) is 41.6 Å². The van der Waals surface area contributed by atoms with E-state index in [2.05, 4.69) is 25.4 Å². The average molecular weight is 541 g/mol. The van der Waals surface area contributed by atoms with Crippen molar-refractivity contribution in [2.75, 3.05) is 6.54 Å². The van der Waals surface area contributed by atoms with Crippen molar-refractivity contribution in [3.8, 4) is 0 Å². The van der Waals surface area contributed by atoms with Crippen LogP contribution < -0.4 is 10.7 Å². The number of aromatic nitrogens is 4. The molecule has 0 unspecified atom stereocenters. The first-order chi connectivity index (χ1) is 18.7. The van der Waals surface area contributed by atoms with Gasteiger partial charge >= 0.3 is 6.18 Å². The molecule has 39 heavy (non-hydrogen) atoms. The molecular formula is C27H24F4N6O2. The largest absolute Gasteiger partial charge is 0.454 e. The van der Waals surface area contributed by atoms with Crippen molar-refractivity contribution in [1.82, 2.24) is 24.9 Å². The van der Waals surface area contributed by atoms with Gasteiger partial charge in [0.25, 0.3) is 5.91 Å². The van der Waals surface area contributed by atoms with Crippen molar-refractivity contribution >= 4 is 44.8 Å². The average Bonchev–Trinajstić information content (AvgIpc) is 3.59. The van der Waals surface area contributed by atoms with Gasteiger partial charge in [-0.15, -0.1) is 0 Å². The number of aromatic amines is 2. The summed E-state index contributed by atoms with van der Waals surface area (Å²) in [5.41, 5.74) is 3.36. The van der Waals surface area contributed by atoms with Gasteiger partial charge in [0.05, 0.1) is 17.2 Å². The maximum Gasteiger partial charge on any atom is 0.389 e. The summed E-state index contributed by atoms with van der Waals surface area (Å²) in [6, 6.07) is 9.26. The molecule has 0 saturated heterocycles. The molecule has 8 nitrogen and oxygen atoms in total. The number of imidazole rings is 1. The molecule has 2 bridgehead atoms. The number of amides is 1. The Morgan fingerprint density at radius 3 is 2.82 bits per heavy atom. The third-order valence-electron chi connectivity index (χ3n) is 6.67. The normalized spacial score (nSPS) is 14.5. The van der Waals surface area contributed by atoms with E-state index in [1.807, 2.05) is 0 Å². The van der Waals surface area contributed by atoms with E-state index >= 15 is 0 Å². The molecule has 3 N–H and O–H groups in total. The minimum absolute atomic E-state index is 0.0408. The lowest BCUT2D eigenvalue weighted by molar-refractivity contribution is -0.135. The summed E-state index contributed by atoms with van der Waals surface area (Å²) in [5.74, 6) is -0.734. The predicted octanol–water partition coefficient (Wildman–Crippen LogP) is 5.75. The van der Waals surface area contributed by atoms with Crippen LogP contribution in [0.15, 0.2) is 52.0 Å². The zero-order valence-electron chi connectivity index (χ0n) is 20.8. The van der Waals surface area contributed by atoms with Crippen LogP contribution in [-0.2, 0) is 0 Å². The Labute approximate surface area is 218 Å². The van der Waals surface area contributed by atoms with Crippen LogP contribution in [0.4, 0.5) is 17.6 Å². The lowest BCUT2D eigenvalue weighted by Gasteiger charge is -2.10. The molecule has 1 amide bonds. The highest BCUT2D eigenvalue weighted by Crippen LogP contribution is 2.28. The Morgan fingerprint density at radius 1 is 1.23 bits per heavy atom. The molecule has 0 aliphatic heterocycles. The van der Waals surface area contributed by atoms with Gasteiger partial charge in [-0.2, -0.15) is 13.2 Å². The van der Waals surface area contributed by atoms with Crippen molar-refractivity contribution in [3.63, 3.8) is 0 Å². The number of aryl methyl sites for hydroxylation is 1. The minimum Gasteiger partial charge on any atom is -0.454 e. The van der Waals surface area contributed by atoms with Crippen LogP contribution in [0.25, 0.3) is 38.9 Å². The molecule has 5 aromatic rings. The topological polar surface area (TPSA) is 103 Å². The lowest BCUT2D eigenvalue weighted by atomic mass is 10.0. The number of H-pyrrole nitrogens is 2. The molecular weight excluding hydrogens is 516 g/mol. The number of rotatable bonds is 5. The van der Waals surface area contributed by atoms with E-state index in [-0.39, 0.29) is 30.5 Å². The monoisotopic (exact) mass is 540 g/mol. The van der Waals surface area contributed by atoms with Crippen LogP contribution in [0.2, 0.25) is 0 Å². The van der Waals surface area contributed by atoms with E-state index < -0.39 is 18.4 Å². The Morgan fingerprint density at radius 2 is 2.05 bits per heavy atom. The molecule has 2 aromatic carbocycles. The molecule has 1 saturated carbocycles. The molecule has 0 radical (unpaired) electrons. The van der Waals surface area contributed by atoms with E-state index in [9.17, 15) is 22.4 Å². The molecule has 1 fully saturated rings. The van der Waals surface area contributed by atoms with E-state index in [0.29, 0.717) is 49.8 Å². The fourth-order valence-electron chi connectivity index (χ4n) is 4.55. The standard InChI is InChI=1S/C27H24F4N6O2/c1-14-17(26(38)34-16-4-5-16)6-7-18-21-13-33-25-20(32-10-2-9-27(29,30)31)12-23(36-37(21)25)35-19-8-3-15(28)11-22(19)39-24(14)18/h3,6-8,11-13,16,35-36H,2,4-5,9-10H2,1H3,(H,34,38). The third kappa shape index (κ3) is 5.06. The number of fused-ring (bicyclic) bond motifs is 4. The summed E-state index contributed by atoms with van der Waals surface area (Å²) in [6.45, 7) is 1.72. The highest BCUT2D eigenvalue weighted by atomic mass is 19.4. The van der Waals surface area contributed by atoms with Crippen LogP contribution in [-0.4, -0.2) is 44.3 Å². The van der Waals surface area contributed by atoms with E-state index in [0.717, 1.165) is 12.8 Å². The van der Waals surface area contributed by atoms with Crippen molar-refractivity contribution < 1.29 is 26.8 Å². The number of benzene rings is 2. The summed E-state index contributed by atoms with van der Waals surface area (Å²) in [7, 11) is 0. The third-order valence-corrected chi connectivity index (χ3v) is 6.67. The molecule has 3 aromatic heterocycles. The summed E-state index contributed by atoms with van der Waals surface area (Å²) >= 11 is 0. The first-order valence-electron chi connectivity index (χ1n) is 12.5. The predicted molar refractivity (Wildman–Crippen MR) is 137 cm³/mol. The number of hydrogen-bond acceptors (Lipinski definition) is 4. The molecule has 1 aliphatic carbocycles. The molecule has 3 heterocycles. The second-order valence-electron chi connectivity index (χ2n) is 9.69. The first kappa shape index (κ1) is 25.0. The first-order valence-corrected chi connectivity index (χ1v) is 12.5. The van der Waals surface area contributed by atoms with Gasteiger partial charge in [0, 0.05) is 47.7 Å². The van der Waals surface area contributed by atoms with Crippen molar-refractivity contribution in [1.29, 1.82) is 0 Å². The van der Waals surface area contributed by atoms with Crippen LogP contribution in [0, 0.1) is 12.7 Å². The summed E-state index contributed by atoms with van der Waals surface area (Å²) in [5, 5.41) is 7.16. The Balaban J connectivity index is 1.65. The van der Waals surface area contributed by atoms with E-state index in [1.54, 1.807) is 35.8 Å². The Bertz CT molecular complexity index is 1870. The molecule has 6 rings (SSSR count). The number of hydrogen-bond donors (Lipinski definition) is 3. The van der Waals surface area contributed by atoms with Gasteiger partial charge in [-0.05, 0) is 50.5 Å². The quantitative estimate of drug-likeness (QED) is 0.195. The van der Waals surface area contributed by atoms with E-state index in [4.69, 9.17) is 4.42 Å². The van der Waals surface area contributed by atoms with Gasteiger partial charge in [0.15, 0.2) is 11.2 Å². The van der Waals surface area contributed by atoms with Crippen LogP contribution in [0.3, 0.4) is 0 Å². The van der Waals surface area contributed by atoms with Crippen molar-refractivity contribution in [2.24, 2.45) is 4.99 Å². The van der Waals surface area contributed by atoms with Gasteiger partial charge in [0.1, 0.15) is 22.4 Å². The van der Waals surface area contributed by atoms with Crippen molar-refractivity contribution in [2.45, 2.75) is 44.8 Å². The second kappa shape index (κ2) is 9.44. The summed E-state index contributed by atoms with van der Waals surface area (Å²) < 4.78 is 60.2. The minimum atomic E-state index is -4.26. The van der Waals surface area contributed by atoms with E-state index in [1.165, 1.54) is 18.2 Å². The number of halogens is 4. The van der Waals surface area contributed by atoms with Gasteiger partial charge < -0.3 is 14.7 Å². The zero-order valence-corrected chi connectivity index (χ0v) is 20.8. The number of carbonyl (C=O) groups excluding carboxylic acids is 1. The molecule has 1 aliphatic rings. The Kier molecular flexibility index (Phi) is 6.04. The molecule has 12 heteroatoms. The summed E-state index contributed by atoms with van der Waals surface area (Å²) in [4.78, 5) is 25.0. The van der Waals surface area contributed by atoms with Crippen molar-refractivity contribution in [3.05, 3.63) is 64.9 Å². The number of nitrogens with one attached hydrogen (secondary N) is 3. The fourth-order valence-corrected chi connectivity index (χ4v) is 4.55. The van der Waals surface area contributed by atoms with Gasteiger partial charge in [-0.25, -0.2) is 13.9 Å². The highest BCUT2D eigenvalue weighted by Gasteiger charge is 2.26. The smallest absolute Gasteiger partial charge is 0.389 e. The fraction of sp³-hybridized carbons (Fsp3) is 0.296. The second-order valence-corrected chi connectivity index (χ2v) is 9.69.